The minimum Gasteiger partial charge on any atom is -0.465 e. The summed E-state index contributed by atoms with van der Waals surface area (Å²) in [6.45, 7) is 2.63. The fourth-order valence-electron chi connectivity index (χ4n) is 2.10. The maximum atomic E-state index is 11.9. The number of rotatable bonds is 3. The second-order valence-corrected chi connectivity index (χ2v) is 4.50. The van der Waals surface area contributed by atoms with Gasteiger partial charge >= 0.3 is 6.09 Å². The number of H-pyrrole nitrogens is 1. The molecule has 0 saturated heterocycles. The van der Waals surface area contributed by atoms with Crippen LogP contribution in [0.5, 0.6) is 0 Å². The second-order valence-electron chi connectivity index (χ2n) is 4.50. The van der Waals surface area contributed by atoms with Gasteiger partial charge in [0, 0.05) is 19.4 Å². The summed E-state index contributed by atoms with van der Waals surface area (Å²) in [5.41, 5.74) is 1.04. The largest absolute Gasteiger partial charge is 0.465 e. The molecule has 0 radical (unpaired) electrons. The molecular formula is C12H17N3O3. The molecule has 0 spiro atoms. The molecule has 6 nitrogen and oxygen atoms in total. The molecule has 1 aromatic rings. The summed E-state index contributed by atoms with van der Waals surface area (Å²) in [6, 6.07) is 0. The Balaban J connectivity index is 2.26. The van der Waals surface area contributed by atoms with Crippen molar-refractivity contribution in [2.45, 2.75) is 39.2 Å². The first kappa shape index (κ1) is 12.6. The van der Waals surface area contributed by atoms with Gasteiger partial charge in [0.2, 0.25) is 0 Å². The van der Waals surface area contributed by atoms with Crippen molar-refractivity contribution < 1.29 is 9.90 Å². The zero-order valence-corrected chi connectivity index (χ0v) is 10.4. The molecule has 1 aromatic heterocycles. The van der Waals surface area contributed by atoms with E-state index in [0.29, 0.717) is 24.4 Å². The Labute approximate surface area is 105 Å². The molecule has 1 aliphatic rings. The van der Waals surface area contributed by atoms with Gasteiger partial charge in [0.1, 0.15) is 5.82 Å². The highest BCUT2D eigenvalue weighted by molar-refractivity contribution is 5.65. The number of hydrogen-bond acceptors (Lipinski definition) is 3. The van der Waals surface area contributed by atoms with Gasteiger partial charge < -0.3 is 15.0 Å². The van der Waals surface area contributed by atoms with E-state index in [1.165, 1.54) is 4.90 Å². The Bertz CT molecular complexity index is 510. The molecule has 0 saturated carbocycles. The number of aryl methyl sites for hydroxylation is 1. The highest BCUT2D eigenvalue weighted by Crippen LogP contribution is 2.14. The lowest BCUT2D eigenvalue weighted by atomic mass is 10.1. The molecule has 6 heteroatoms. The maximum absolute atomic E-state index is 11.9. The van der Waals surface area contributed by atoms with Crippen molar-refractivity contribution in [1.82, 2.24) is 14.9 Å². The van der Waals surface area contributed by atoms with Crippen molar-refractivity contribution in [2.24, 2.45) is 0 Å². The standard InChI is InChI=1S/C12H17N3O3/c1-2-3-4-10-13-9-5-6-15(12(17)18)7-8(9)11(16)14-10/h2-7H2,1H3,(H,17,18)(H,13,14,16). The number of nitrogens with one attached hydrogen (secondary N) is 1. The van der Waals surface area contributed by atoms with Crippen molar-refractivity contribution in [3.05, 3.63) is 27.4 Å². The van der Waals surface area contributed by atoms with E-state index in [-0.39, 0.29) is 12.1 Å². The fraction of sp³-hybridized carbons (Fsp3) is 0.583. The Morgan fingerprint density at radius 3 is 3.00 bits per heavy atom. The van der Waals surface area contributed by atoms with E-state index in [1.54, 1.807) is 0 Å². The SMILES string of the molecule is CCCCc1nc2c(c(=O)[nH]1)CN(C(=O)O)CC2. The molecule has 0 bridgehead atoms. The number of aromatic amines is 1. The molecule has 2 N–H and O–H groups in total. The average Bonchev–Trinajstić information content (AvgIpc) is 2.36. The minimum atomic E-state index is -0.991. The van der Waals surface area contributed by atoms with Crippen molar-refractivity contribution in [2.75, 3.05) is 6.54 Å². The van der Waals surface area contributed by atoms with Crippen LogP contribution in [0, 0.1) is 0 Å². The lowest BCUT2D eigenvalue weighted by molar-refractivity contribution is 0.139. The number of amides is 1. The van der Waals surface area contributed by atoms with Crippen molar-refractivity contribution in [1.29, 1.82) is 0 Å². The summed E-state index contributed by atoms with van der Waals surface area (Å²) in [6.07, 6.45) is 2.33. The van der Waals surface area contributed by atoms with Crippen LogP contribution in [0.3, 0.4) is 0 Å². The molecule has 0 aromatic carbocycles. The quantitative estimate of drug-likeness (QED) is 0.843. The van der Waals surface area contributed by atoms with Crippen LogP contribution in [-0.4, -0.2) is 32.6 Å². The molecule has 0 aliphatic carbocycles. The van der Waals surface area contributed by atoms with E-state index in [1.807, 2.05) is 0 Å². The number of fused-ring (bicyclic) bond motifs is 1. The fourth-order valence-corrected chi connectivity index (χ4v) is 2.10. The summed E-state index contributed by atoms with van der Waals surface area (Å²) >= 11 is 0. The average molecular weight is 251 g/mol. The topological polar surface area (TPSA) is 86.3 Å². The van der Waals surface area contributed by atoms with Gasteiger partial charge in [-0.2, -0.15) is 0 Å². The molecule has 98 valence electrons. The van der Waals surface area contributed by atoms with Crippen LogP contribution in [-0.2, 0) is 19.4 Å². The summed E-state index contributed by atoms with van der Waals surface area (Å²) < 4.78 is 0. The van der Waals surface area contributed by atoms with Crippen LogP contribution in [0.15, 0.2) is 4.79 Å². The van der Waals surface area contributed by atoms with E-state index < -0.39 is 6.09 Å². The Morgan fingerprint density at radius 1 is 1.56 bits per heavy atom. The van der Waals surface area contributed by atoms with E-state index in [0.717, 1.165) is 25.0 Å². The van der Waals surface area contributed by atoms with Gasteiger partial charge in [-0.1, -0.05) is 13.3 Å². The predicted octanol–water partition coefficient (Wildman–Crippen LogP) is 1.15. The first-order chi connectivity index (χ1) is 8.61. The summed E-state index contributed by atoms with van der Waals surface area (Å²) in [4.78, 5) is 31.2. The van der Waals surface area contributed by atoms with Crippen LogP contribution >= 0.6 is 0 Å². The number of carboxylic acid groups (broad SMARTS) is 1. The first-order valence-electron chi connectivity index (χ1n) is 6.20. The van der Waals surface area contributed by atoms with Gasteiger partial charge in [0.25, 0.3) is 5.56 Å². The normalized spacial score (nSPS) is 14.4. The number of unbranched alkanes of at least 4 members (excludes halogenated alkanes) is 1. The molecular weight excluding hydrogens is 234 g/mol. The van der Waals surface area contributed by atoms with Crippen LogP contribution < -0.4 is 5.56 Å². The van der Waals surface area contributed by atoms with Crippen LogP contribution in [0.2, 0.25) is 0 Å². The van der Waals surface area contributed by atoms with E-state index in [9.17, 15) is 9.59 Å². The maximum Gasteiger partial charge on any atom is 0.407 e. The first-order valence-corrected chi connectivity index (χ1v) is 6.20. The van der Waals surface area contributed by atoms with Crippen LogP contribution in [0.4, 0.5) is 4.79 Å². The molecule has 0 unspecified atom stereocenters. The van der Waals surface area contributed by atoms with Crippen molar-refractivity contribution in [3.8, 4) is 0 Å². The van der Waals surface area contributed by atoms with Gasteiger partial charge in [-0.25, -0.2) is 9.78 Å². The highest BCUT2D eigenvalue weighted by atomic mass is 16.4. The predicted molar refractivity (Wildman–Crippen MR) is 65.6 cm³/mol. The molecule has 2 rings (SSSR count). The monoisotopic (exact) mass is 251 g/mol. The van der Waals surface area contributed by atoms with Crippen LogP contribution in [0.25, 0.3) is 0 Å². The van der Waals surface area contributed by atoms with Gasteiger partial charge in [-0.15, -0.1) is 0 Å². The van der Waals surface area contributed by atoms with Gasteiger partial charge in [-0.05, 0) is 6.42 Å². The molecule has 1 amide bonds. The van der Waals surface area contributed by atoms with E-state index >= 15 is 0 Å². The number of aromatic nitrogens is 2. The van der Waals surface area contributed by atoms with Gasteiger partial charge in [-0.3, -0.25) is 4.79 Å². The summed E-state index contributed by atoms with van der Waals surface area (Å²) in [5, 5.41) is 8.92. The van der Waals surface area contributed by atoms with Gasteiger partial charge in [0.05, 0.1) is 17.8 Å². The second kappa shape index (κ2) is 5.20. The highest BCUT2D eigenvalue weighted by Gasteiger charge is 2.23. The third-order valence-electron chi connectivity index (χ3n) is 3.16. The Morgan fingerprint density at radius 2 is 2.33 bits per heavy atom. The van der Waals surface area contributed by atoms with Crippen LogP contribution in [0.1, 0.15) is 36.8 Å². The summed E-state index contributed by atoms with van der Waals surface area (Å²) in [5.74, 6) is 0.712. The molecule has 1 aliphatic heterocycles. The summed E-state index contributed by atoms with van der Waals surface area (Å²) in [7, 11) is 0. The molecule has 18 heavy (non-hydrogen) atoms. The lowest BCUT2D eigenvalue weighted by Gasteiger charge is -2.25. The van der Waals surface area contributed by atoms with Gasteiger partial charge in [0.15, 0.2) is 0 Å². The lowest BCUT2D eigenvalue weighted by Crippen LogP contribution is -2.39. The van der Waals surface area contributed by atoms with E-state index in [2.05, 4.69) is 16.9 Å². The van der Waals surface area contributed by atoms with Crippen molar-refractivity contribution in [3.63, 3.8) is 0 Å². The zero-order valence-electron chi connectivity index (χ0n) is 10.4. The Hall–Kier alpha value is -1.85. The van der Waals surface area contributed by atoms with E-state index in [4.69, 9.17) is 5.11 Å². The third kappa shape index (κ3) is 2.52. The molecule has 0 atom stereocenters. The molecule has 2 heterocycles. The Kier molecular flexibility index (Phi) is 3.64. The number of nitrogens with zero attached hydrogens (tertiary/aromatic N) is 2. The zero-order chi connectivity index (χ0) is 13.1. The number of carbonyl (C=O) groups is 1. The smallest absolute Gasteiger partial charge is 0.407 e. The molecule has 0 fully saturated rings. The number of hydrogen-bond donors (Lipinski definition) is 2. The van der Waals surface area contributed by atoms with Crippen molar-refractivity contribution >= 4 is 6.09 Å². The third-order valence-corrected chi connectivity index (χ3v) is 3.16. The minimum absolute atomic E-state index is 0.140.